The fourth-order valence-corrected chi connectivity index (χ4v) is 2.38. The maximum atomic E-state index is 11.8. The molecule has 3 N–H and O–H groups in total. The highest BCUT2D eigenvalue weighted by Crippen LogP contribution is 2.08. The van der Waals surface area contributed by atoms with Crippen LogP contribution in [-0.4, -0.2) is 56.2 Å². The maximum Gasteiger partial charge on any atom is 0.222 e. The summed E-state index contributed by atoms with van der Waals surface area (Å²) in [5, 5.41) is 3.01. The zero-order valence-electron chi connectivity index (χ0n) is 12.5. The molecule has 1 amide bonds. The van der Waals surface area contributed by atoms with Crippen molar-refractivity contribution in [3.8, 4) is 0 Å². The Hall–Kier alpha value is -0.0700. The van der Waals surface area contributed by atoms with Crippen LogP contribution < -0.4 is 11.1 Å². The third-order valence-corrected chi connectivity index (χ3v) is 3.40. The lowest BCUT2D eigenvalue weighted by Gasteiger charge is -2.29. The normalized spacial score (nSPS) is 18.4. The van der Waals surface area contributed by atoms with Gasteiger partial charge in [-0.25, -0.2) is 0 Å². The summed E-state index contributed by atoms with van der Waals surface area (Å²) >= 11 is 0. The number of carbonyl (C=O) groups excluding carboxylic acids is 1. The number of hydrogen-bond acceptors (Lipinski definition) is 4. The van der Waals surface area contributed by atoms with E-state index in [1.165, 1.54) is 19.3 Å². The summed E-state index contributed by atoms with van der Waals surface area (Å²) in [6.07, 6.45) is 4.06. The number of nitrogens with one attached hydrogen (secondary N) is 1. The Morgan fingerprint density at radius 1 is 1.30 bits per heavy atom. The Labute approximate surface area is 134 Å². The van der Waals surface area contributed by atoms with Gasteiger partial charge in [0.1, 0.15) is 0 Å². The molecule has 0 aromatic rings. The Bertz CT molecular complexity index is 248. The number of amides is 1. The number of nitrogens with zero attached hydrogens (tertiary/aromatic N) is 1. The number of methoxy groups -OCH3 is 1. The van der Waals surface area contributed by atoms with Crippen LogP contribution in [0, 0.1) is 0 Å². The van der Waals surface area contributed by atoms with Crippen LogP contribution >= 0.6 is 24.8 Å². The van der Waals surface area contributed by atoms with Crippen LogP contribution in [0.4, 0.5) is 0 Å². The summed E-state index contributed by atoms with van der Waals surface area (Å²) in [5.41, 5.74) is 5.50. The van der Waals surface area contributed by atoms with E-state index in [-0.39, 0.29) is 42.9 Å². The molecule has 1 fully saturated rings. The van der Waals surface area contributed by atoms with Crippen molar-refractivity contribution in [3.05, 3.63) is 0 Å². The summed E-state index contributed by atoms with van der Waals surface area (Å²) in [6, 6.07) is 0.186. The van der Waals surface area contributed by atoms with Crippen LogP contribution in [0.15, 0.2) is 0 Å². The first-order valence-electron chi connectivity index (χ1n) is 6.90. The molecule has 0 saturated carbocycles. The van der Waals surface area contributed by atoms with Gasteiger partial charge in [-0.3, -0.25) is 4.79 Å². The lowest BCUT2D eigenvalue weighted by Crippen LogP contribution is -2.44. The van der Waals surface area contributed by atoms with Crippen LogP contribution in [0.3, 0.4) is 0 Å². The van der Waals surface area contributed by atoms with Crippen molar-refractivity contribution in [1.82, 2.24) is 10.2 Å². The molecule has 7 heteroatoms. The summed E-state index contributed by atoms with van der Waals surface area (Å²) in [5.74, 6) is 0.0248. The summed E-state index contributed by atoms with van der Waals surface area (Å²) in [6.45, 7) is 5.68. The van der Waals surface area contributed by atoms with E-state index < -0.39 is 0 Å². The molecule has 5 nitrogen and oxygen atoms in total. The van der Waals surface area contributed by atoms with Crippen molar-refractivity contribution in [3.63, 3.8) is 0 Å². The number of ether oxygens (including phenoxy) is 1. The van der Waals surface area contributed by atoms with Gasteiger partial charge in [0.25, 0.3) is 0 Å². The Balaban J connectivity index is 0. The SMILES string of the molecule is COC(CN)CC(=O)NC(C)CN1CCCCC1.Cl.Cl. The Morgan fingerprint density at radius 3 is 2.40 bits per heavy atom. The number of piperidine rings is 1. The molecule has 0 spiro atoms. The monoisotopic (exact) mass is 329 g/mol. The van der Waals surface area contributed by atoms with Gasteiger partial charge in [0.2, 0.25) is 5.91 Å². The fraction of sp³-hybridized carbons (Fsp3) is 0.923. The predicted molar refractivity (Wildman–Crippen MR) is 86.9 cm³/mol. The number of hydrogen-bond donors (Lipinski definition) is 2. The van der Waals surface area contributed by atoms with Crippen LogP contribution in [0.2, 0.25) is 0 Å². The smallest absolute Gasteiger partial charge is 0.222 e. The van der Waals surface area contributed by atoms with E-state index >= 15 is 0 Å². The molecule has 2 atom stereocenters. The third kappa shape index (κ3) is 8.97. The van der Waals surface area contributed by atoms with Gasteiger partial charge in [0, 0.05) is 26.2 Å². The zero-order chi connectivity index (χ0) is 13.4. The first-order chi connectivity index (χ1) is 8.65. The molecule has 0 aromatic heterocycles. The number of rotatable bonds is 7. The quantitative estimate of drug-likeness (QED) is 0.736. The van der Waals surface area contributed by atoms with Crippen LogP contribution in [-0.2, 0) is 9.53 Å². The number of nitrogens with two attached hydrogens (primary N) is 1. The minimum atomic E-state index is -0.174. The van der Waals surface area contributed by atoms with Crippen molar-refractivity contribution in [2.45, 2.75) is 44.8 Å². The van der Waals surface area contributed by atoms with Crippen LogP contribution in [0.5, 0.6) is 0 Å². The standard InChI is InChI=1S/C13H27N3O2.2ClH/c1-11(10-16-6-4-3-5-7-16)15-13(17)8-12(9-14)18-2;;/h11-12H,3-10,14H2,1-2H3,(H,15,17);2*1H. The lowest BCUT2D eigenvalue weighted by molar-refractivity contribution is -0.124. The van der Waals surface area contributed by atoms with E-state index in [1.807, 2.05) is 0 Å². The number of likely N-dealkylation sites (tertiary alicyclic amines) is 1. The average Bonchev–Trinajstić information content (AvgIpc) is 2.36. The molecule has 122 valence electrons. The van der Waals surface area contributed by atoms with Crippen molar-refractivity contribution in [2.24, 2.45) is 5.73 Å². The molecular formula is C13H29Cl2N3O2. The lowest BCUT2D eigenvalue weighted by atomic mass is 10.1. The zero-order valence-corrected chi connectivity index (χ0v) is 14.1. The Kier molecular flexibility index (Phi) is 14.1. The molecule has 0 bridgehead atoms. The largest absolute Gasteiger partial charge is 0.380 e. The molecule has 1 heterocycles. The van der Waals surface area contributed by atoms with E-state index in [0.29, 0.717) is 13.0 Å². The van der Waals surface area contributed by atoms with Crippen LogP contribution in [0.1, 0.15) is 32.6 Å². The molecule has 1 saturated heterocycles. The first kappa shape index (κ1) is 22.2. The highest BCUT2D eigenvalue weighted by Gasteiger charge is 2.16. The van der Waals surface area contributed by atoms with E-state index in [1.54, 1.807) is 7.11 Å². The minimum Gasteiger partial charge on any atom is -0.380 e. The summed E-state index contributed by atoms with van der Waals surface area (Å²) in [4.78, 5) is 14.2. The molecule has 1 aliphatic rings. The third-order valence-electron chi connectivity index (χ3n) is 3.40. The second kappa shape index (κ2) is 12.7. The van der Waals surface area contributed by atoms with Gasteiger partial charge in [-0.15, -0.1) is 24.8 Å². The molecule has 0 aromatic carbocycles. The average molecular weight is 330 g/mol. The topological polar surface area (TPSA) is 67.6 Å². The summed E-state index contributed by atoms with van der Waals surface area (Å²) in [7, 11) is 1.59. The summed E-state index contributed by atoms with van der Waals surface area (Å²) < 4.78 is 5.11. The molecule has 20 heavy (non-hydrogen) atoms. The highest BCUT2D eigenvalue weighted by atomic mass is 35.5. The van der Waals surface area contributed by atoms with Crippen molar-refractivity contribution in [2.75, 3.05) is 33.3 Å². The van der Waals surface area contributed by atoms with E-state index in [4.69, 9.17) is 10.5 Å². The van der Waals surface area contributed by atoms with Crippen molar-refractivity contribution < 1.29 is 9.53 Å². The van der Waals surface area contributed by atoms with Crippen molar-refractivity contribution in [1.29, 1.82) is 0 Å². The van der Waals surface area contributed by atoms with Gasteiger partial charge in [-0.05, 0) is 32.9 Å². The predicted octanol–water partition coefficient (Wildman–Crippen LogP) is 1.18. The van der Waals surface area contributed by atoms with Gasteiger partial charge < -0.3 is 20.7 Å². The molecule has 1 rings (SSSR count). The van der Waals surface area contributed by atoms with Crippen LogP contribution in [0.25, 0.3) is 0 Å². The number of carbonyl (C=O) groups is 1. The molecule has 0 radical (unpaired) electrons. The molecular weight excluding hydrogens is 301 g/mol. The maximum absolute atomic E-state index is 11.8. The van der Waals surface area contributed by atoms with E-state index in [9.17, 15) is 4.79 Å². The van der Waals surface area contributed by atoms with Crippen molar-refractivity contribution >= 4 is 30.7 Å². The molecule has 0 aliphatic carbocycles. The van der Waals surface area contributed by atoms with Gasteiger partial charge in [-0.1, -0.05) is 6.42 Å². The first-order valence-corrected chi connectivity index (χ1v) is 6.90. The van der Waals surface area contributed by atoms with Gasteiger partial charge in [-0.2, -0.15) is 0 Å². The Morgan fingerprint density at radius 2 is 1.90 bits per heavy atom. The van der Waals surface area contributed by atoms with E-state index in [2.05, 4.69) is 17.1 Å². The molecule has 1 aliphatic heterocycles. The highest BCUT2D eigenvalue weighted by molar-refractivity contribution is 5.85. The van der Waals surface area contributed by atoms with E-state index in [0.717, 1.165) is 19.6 Å². The second-order valence-corrected chi connectivity index (χ2v) is 5.13. The second-order valence-electron chi connectivity index (χ2n) is 5.13. The minimum absolute atomic E-state index is 0. The molecule has 2 unspecified atom stereocenters. The fourth-order valence-electron chi connectivity index (χ4n) is 2.38. The van der Waals surface area contributed by atoms with Gasteiger partial charge in [0.05, 0.1) is 12.5 Å². The van der Waals surface area contributed by atoms with Gasteiger partial charge in [0.15, 0.2) is 0 Å². The number of halogens is 2. The van der Waals surface area contributed by atoms with Gasteiger partial charge >= 0.3 is 0 Å².